The van der Waals surface area contributed by atoms with E-state index in [4.69, 9.17) is 0 Å². The molecule has 3 aromatic rings. The summed E-state index contributed by atoms with van der Waals surface area (Å²) in [7, 11) is -3.85. The zero-order chi connectivity index (χ0) is 25.3. The van der Waals surface area contributed by atoms with Crippen molar-refractivity contribution in [2.24, 2.45) is 0 Å². The molecular formula is C27H31N3O4S. The number of anilines is 3. The van der Waals surface area contributed by atoms with Gasteiger partial charge < -0.3 is 14.9 Å². The van der Waals surface area contributed by atoms with E-state index in [0.717, 1.165) is 24.2 Å². The van der Waals surface area contributed by atoms with Gasteiger partial charge in [-0.05, 0) is 86.3 Å². The second-order valence-corrected chi connectivity index (χ2v) is 10.9. The van der Waals surface area contributed by atoms with Crippen LogP contribution in [0.25, 0.3) is 0 Å². The van der Waals surface area contributed by atoms with Crippen LogP contribution in [0.5, 0.6) is 0 Å². The third-order valence-corrected chi connectivity index (χ3v) is 7.67. The van der Waals surface area contributed by atoms with Crippen LogP contribution in [0, 0.1) is 27.7 Å². The van der Waals surface area contributed by atoms with Gasteiger partial charge in [-0.25, -0.2) is 13.2 Å². The van der Waals surface area contributed by atoms with Crippen molar-refractivity contribution in [1.82, 2.24) is 0 Å². The van der Waals surface area contributed by atoms with Crippen LogP contribution in [0.3, 0.4) is 0 Å². The molecule has 0 unspecified atom stereocenters. The Morgan fingerprint density at radius 1 is 0.771 bits per heavy atom. The van der Waals surface area contributed by atoms with E-state index in [1.54, 1.807) is 24.3 Å². The SMILES string of the molecule is Cc1cc(C)cc(S(=O)(=O)Nc2ccc(N3CCN(c4cc(C)ccc4C)CC3)c(C(=O)O)c2)c1. The van der Waals surface area contributed by atoms with Crippen molar-refractivity contribution in [2.45, 2.75) is 32.6 Å². The zero-order valence-corrected chi connectivity index (χ0v) is 21.3. The average Bonchev–Trinajstić information content (AvgIpc) is 2.80. The summed E-state index contributed by atoms with van der Waals surface area (Å²) in [6.45, 7) is 10.7. The summed E-state index contributed by atoms with van der Waals surface area (Å²) in [5.41, 5.74) is 6.20. The molecule has 0 aliphatic carbocycles. The Labute approximate surface area is 207 Å². The molecular weight excluding hydrogens is 462 g/mol. The summed E-state index contributed by atoms with van der Waals surface area (Å²) in [6.07, 6.45) is 0. The minimum absolute atomic E-state index is 0.0748. The van der Waals surface area contributed by atoms with E-state index in [1.807, 2.05) is 24.8 Å². The highest BCUT2D eigenvalue weighted by Gasteiger charge is 2.24. The Morgan fingerprint density at radius 3 is 1.97 bits per heavy atom. The van der Waals surface area contributed by atoms with Crippen LogP contribution >= 0.6 is 0 Å². The standard InChI is InChI=1S/C27H31N3O4S/c1-18-5-6-21(4)26(16-18)30-11-9-29(10-12-30)25-8-7-22(17-24(25)27(31)32)28-35(33,34)23-14-19(2)13-20(3)15-23/h5-8,13-17,28H,9-12H2,1-4H3,(H,31,32). The largest absolute Gasteiger partial charge is 0.478 e. The maximum Gasteiger partial charge on any atom is 0.337 e. The van der Waals surface area contributed by atoms with Crippen molar-refractivity contribution in [2.75, 3.05) is 40.7 Å². The third kappa shape index (κ3) is 5.43. The lowest BCUT2D eigenvalue weighted by molar-refractivity contribution is 0.0697. The number of carboxylic acids is 1. The Kier molecular flexibility index (Phi) is 6.76. The van der Waals surface area contributed by atoms with Gasteiger partial charge in [0, 0.05) is 37.6 Å². The van der Waals surface area contributed by atoms with Crippen LogP contribution in [-0.2, 0) is 10.0 Å². The lowest BCUT2D eigenvalue weighted by Crippen LogP contribution is -2.47. The van der Waals surface area contributed by atoms with E-state index >= 15 is 0 Å². The van der Waals surface area contributed by atoms with Crippen LogP contribution in [0.4, 0.5) is 17.1 Å². The Morgan fingerprint density at radius 2 is 1.37 bits per heavy atom. The number of carbonyl (C=O) groups is 1. The lowest BCUT2D eigenvalue weighted by atomic mass is 10.1. The van der Waals surface area contributed by atoms with E-state index < -0.39 is 16.0 Å². The van der Waals surface area contributed by atoms with Crippen LogP contribution in [0.1, 0.15) is 32.6 Å². The molecule has 4 rings (SSSR count). The first-order chi connectivity index (χ1) is 16.5. The molecule has 2 N–H and O–H groups in total. The van der Waals surface area contributed by atoms with Crippen LogP contribution in [0.2, 0.25) is 0 Å². The number of rotatable bonds is 6. The number of sulfonamides is 1. The number of aryl methyl sites for hydroxylation is 4. The molecule has 1 heterocycles. The molecule has 35 heavy (non-hydrogen) atoms. The second kappa shape index (κ2) is 9.62. The van der Waals surface area contributed by atoms with E-state index in [0.29, 0.717) is 18.8 Å². The molecule has 8 heteroatoms. The summed E-state index contributed by atoms with van der Waals surface area (Å²) in [6, 6.07) is 16.2. The van der Waals surface area contributed by atoms with Gasteiger partial charge in [0.25, 0.3) is 10.0 Å². The Hall–Kier alpha value is -3.52. The fourth-order valence-electron chi connectivity index (χ4n) is 4.60. The number of nitrogens with zero attached hydrogens (tertiary/aromatic N) is 2. The van der Waals surface area contributed by atoms with Crippen molar-refractivity contribution in [1.29, 1.82) is 0 Å². The number of benzene rings is 3. The quantitative estimate of drug-likeness (QED) is 0.515. The van der Waals surface area contributed by atoms with Gasteiger partial charge in [0.15, 0.2) is 0 Å². The number of hydrogen-bond donors (Lipinski definition) is 2. The van der Waals surface area contributed by atoms with Crippen LogP contribution in [-0.4, -0.2) is 45.7 Å². The minimum atomic E-state index is -3.85. The molecule has 0 amide bonds. The molecule has 0 radical (unpaired) electrons. The minimum Gasteiger partial charge on any atom is -0.478 e. The van der Waals surface area contributed by atoms with E-state index in [1.165, 1.54) is 22.9 Å². The zero-order valence-electron chi connectivity index (χ0n) is 20.5. The number of piperazine rings is 1. The summed E-state index contributed by atoms with van der Waals surface area (Å²) in [4.78, 5) is 16.6. The Bertz CT molecular complexity index is 1360. The van der Waals surface area contributed by atoms with Crippen molar-refractivity contribution in [3.63, 3.8) is 0 Å². The predicted molar refractivity (Wildman–Crippen MR) is 140 cm³/mol. The van der Waals surface area contributed by atoms with Crippen molar-refractivity contribution < 1.29 is 18.3 Å². The molecule has 3 aromatic carbocycles. The highest BCUT2D eigenvalue weighted by atomic mass is 32.2. The molecule has 0 saturated carbocycles. The fraction of sp³-hybridized carbons (Fsp3) is 0.296. The fourth-order valence-corrected chi connectivity index (χ4v) is 5.83. The molecule has 7 nitrogen and oxygen atoms in total. The third-order valence-electron chi connectivity index (χ3n) is 6.31. The van der Waals surface area contributed by atoms with E-state index in [-0.39, 0.29) is 16.1 Å². The average molecular weight is 494 g/mol. The van der Waals surface area contributed by atoms with Gasteiger partial charge in [-0.3, -0.25) is 4.72 Å². The highest BCUT2D eigenvalue weighted by Crippen LogP contribution is 2.29. The van der Waals surface area contributed by atoms with E-state index in [2.05, 4.69) is 41.7 Å². The number of hydrogen-bond acceptors (Lipinski definition) is 5. The molecule has 1 saturated heterocycles. The van der Waals surface area contributed by atoms with Gasteiger partial charge in [-0.1, -0.05) is 18.2 Å². The maximum absolute atomic E-state index is 12.9. The van der Waals surface area contributed by atoms with Gasteiger partial charge in [0.1, 0.15) is 0 Å². The Balaban J connectivity index is 1.54. The van der Waals surface area contributed by atoms with Gasteiger partial charge in [0.2, 0.25) is 0 Å². The lowest BCUT2D eigenvalue weighted by Gasteiger charge is -2.38. The molecule has 184 valence electrons. The smallest absolute Gasteiger partial charge is 0.337 e. The van der Waals surface area contributed by atoms with Crippen LogP contribution in [0.15, 0.2) is 59.5 Å². The highest BCUT2D eigenvalue weighted by molar-refractivity contribution is 7.92. The molecule has 1 aliphatic rings. The number of aromatic carboxylic acids is 1. The first-order valence-corrected chi connectivity index (χ1v) is 13.1. The normalized spacial score (nSPS) is 14.2. The van der Waals surface area contributed by atoms with Gasteiger partial charge >= 0.3 is 5.97 Å². The summed E-state index contributed by atoms with van der Waals surface area (Å²) < 4.78 is 28.4. The van der Waals surface area contributed by atoms with E-state index in [9.17, 15) is 18.3 Å². The second-order valence-electron chi connectivity index (χ2n) is 9.23. The monoisotopic (exact) mass is 493 g/mol. The summed E-state index contributed by atoms with van der Waals surface area (Å²) in [5.74, 6) is -1.09. The van der Waals surface area contributed by atoms with Gasteiger partial charge in [-0.2, -0.15) is 0 Å². The number of nitrogens with one attached hydrogen (secondary N) is 1. The van der Waals surface area contributed by atoms with Gasteiger partial charge in [0.05, 0.1) is 16.1 Å². The molecule has 1 fully saturated rings. The first-order valence-electron chi connectivity index (χ1n) is 11.6. The molecule has 1 aliphatic heterocycles. The first kappa shape index (κ1) is 24.6. The predicted octanol–water partition coefficient (Wildman–Crippen LogP) is 4.75. The van der Waals surface area contributed by atoms with Crippen LogP contribution < -0.4 is 14.5 Å². The molecule has 0 bridgehead atoms. The molecule has 0 spiro atoms. The summed E-state index contributed by atoms with van der Waals surface area (Å²) in [5, 5.41) is 9.89. The molecule has 0 atom stereocenters. The number of carboxylic acid groups (broad SMARTS) is 1. The van der Waals surface area contributed by atoms with Crippen molar-refractivity contribution in [3.8, 4) is 0 Å². The van der Waals surface area contributed by atoms with Crippen molar-refractivity contribution in [3.05, 3.63) is 82.4 Å². The topological polar surface area (TPSA) is 90.0 Å². The van der Waals surface area contributed by atoms with Crippen molar-refractivity contribution >= 4 is 33.1 Å². The molecule has 0 aromatic heterocycles. The van der Waals surface area contributed by atoms with Gasteiger partial charge in [-0.15, -0.1) is 0 Å². The summed E-state index contributed by atoms with van der Waals surface area (Å²) >= 11 is 0. The maximum atomic E-state index is 12.9.